The van der Waals surface area contributed by atoms with Gasteiger partial charge >= 0.3 is 0 Å². The highest BCUT2D eigenvalue weighted by molar-refractivity contribution is 6.04. The molecule has 1 amide bonds. The topological polar surface area (TPSA) is 55.1 Å². The molecule has 0 radical (unpaired) electrons. The van der Waals surface area contributed by atoms with E-state index in [0.29, 0.717) is 11.1 Å². The minimum atomic E-state index is -0.528. The molecule has 106 valence electrons. The molecule has 4 heteroatoms. The Labute approximate surface area is 123 Å². The molecule has 0 aliphatic rings. The van der Waals surface area contributed by atoms with E-state index < -0.39 is 5.82 Å². The van der Waals surface area contributed by atoms with Crippen molar-refractivity contribution in [3.63, 3.8) is 0 Å². The van der Waals surface area contributed by atoms with Gasteiger partial charge in [-0.05, 0) is 37.3 Å². The molecule has 2 aromatic carbocycles. The predicted octanol–water partition coefficient (Wildman–Crippen LogP) is 2.70. The number of rotatable bonds is 2. The highest BCUT2D eigenvalue weighted by Gasteiger charge is 2.09. The minimum absolute atomic E-state index is 0.125. The van der Waals surface area contributed by atoms with E-state index in [1.807, 2.05) is 13.0 Å². The second-order valence-electron chi connectivity index (χ2n) is 4.52. The maximum Gasteiger partial charge on any atom is 0.255 e. The van der Waals surface area contributed by atoms with Gasteiger partial charge in [-0.1, -0.05) is 29.5 Å². The number of anilines is 1. The number of nitrogens with one attached hydrogen (secondary N) is 1. The quantitative estimate of drug-likeness (QED) is 0.832. The maximum absolute atomic E-state index is 13.9. The molecule has 0 bridgehead atoms. The Hall–Kier alpha value is -2.64. The second-order valence-corrected chi connectivity index (χ2v) is 4.52. The summed E-state index contributed by atoms with van der Waals surface area (Å²) in [5, 5.41) is 2.55. The van der Waals surface area contributed by atoms with Gasteiger partial charge < -0.3 is 11.1 Å². The lowest BCUT2D eigenvalue weighted by Gasteiger charge is -2.07. The van der Waals surface area contributed by atoms with Crippen LogP contribution < -0.4 is 11.1 Å². The van der Waals surface area contributed by atoms with E-state index in [-0.39, 0.29) is 18.1 Å². The Morgan fingerprint density at radius 3 is 2.76 bits per heavy atom. The van der Waals surface area contributed by atoms with Crippen molar-refractivity contribution in [2.75, 3.05) is 11.9 Å². The smallest absolute Gasteiger partial charge is 0.255 e. The van der Waals surface area contributed by atoms with Gasteiger partial charge in [-0.25, -0.2) is 4.39 Å². The Morgan fingerprint density at radius 1 is 1.29 bits per heavy atom. The lowest BCUT2D eigenvalue weighted by Crippen LogP contribution is -2.13. The van der Waals surface area contributed by atoms with Crippen LogP contribution in [0.2, 0.25) is 0 Å². The van der Waals surface area contributed by atoms with Crippen LogP contribution in [0.1, 0.15) is 21.5 Å². The molecule has 0 atom stereocenters. The summed E-state index contributed by atoms with van der Waals surface area (Å²) in [5.74, 6) is 4.51. The first-order valence-corrected chi connectivity index (χ1v) is 6.46. The van der Waals surface area contributed by atoms with Crippen molar-refractivity contribution >= 4 is 11.6 Å². The zero-order valence-corrected chi connectivity index (χ0v) is 11.6. The molecule has 2 aromatic rings. The molecule has 0 aromatic heterocycles. The summed E-state index contributed by atoms with van der Waals surface area (Å²) < 4.78 is 13.9. The monoisotopic (exact) mass is 282 g/mol. The van der Waals surface area contributed by atoms with Crippen molar-refractivity contribution in [3.05, 3.63) is 65.0 Å². The molecule has 0 saturated heterocycles. The van der Waals surface area contributed by atoms with Gasteiger partial charge in [0.15, 0.2) is 0 Å². The molecule has 0 heterocycles. The number of halogens is 1. The van der Waals surface area contributed by atoms with Crippen LogP contribution in [0.5, 0.6) is 0 Å². The average Bonchev–Trinajstić information content (AvgIpc) is 2.47. The third-order valence-electron chi connectivity index (χ3n) is 2.83. The SMILES string of the molecule is Cc1cccc(C(=O)Nc2ccc(C#CCN)cc2F)c1. The van der Waals surface area contributed by atoms with Crippen LogP contribution in [-0.2, 0) is 0 Å². The number of amides is 1. The minimum Gasteiger partial charge on any atom is -0.320 e. The Bertz CT molecular complexity index is 729. The van der Waals surface area contributed by atoms with Gasteiger partial charge in [0, 0.05) is 11.1 Å². The van der Waals surface area contributed by atoms with E-state index in [1.165, 1.54) is 12.1 Å². The van der Waals surface area contributed by atoms with Crippen molar-refractivity contribution in [1.29, 1.82) is 0 Å². The fraction of sp³-hybridized carbons (Fsp3) is 0.118. The molecule has 0 aliphatic heterocycles. The van der Waals surface area contributed by atoms with Gasteiger partial charge in [-0.3, -0.25) is 4.79 Å². The number of carbonyl (C=O) groups is 1. The number of nitrogens with two attached hydrogens (primary N) is 1. The number of hydrogen-bond donors (Lipinski definition) is 2. The summed E-state index contributed by atoms with van der Waals surface area (Å²) in [6.45, 7) is 2.11. The zero-order chi connectivity index (χ0) is 15.2. The van der Waals surface area contributed by atoms with Gasteiger partial charge in [0.05, 0.1) is 12.2 Å². The van der Waals surface area contributed by atoms with Gasteiger partial charge in [0.25, 0.3) is 5.91 Å². The first-order chi connectivity index (χ1) is 10.1. The molecule has 0 unspecified atom stereocenters. The molecular weight excluding hydrogens is 267 g/mol. The standard InChI is InChI=1S/C17H15FN2O/c1-12-4-2-6-14(10-12)17(21)20-16-8-7-13(5-3-9-19)11-15(16)18/h2,4,6-8,10-11H,9,19H2,1H3,(H,20,21). The van der Waals surface area contributed by atoms with Gasteiger partial charge in [-0.2, -0.15) is 0 Å². The molecule has 0 fully saturated rings. The third-order valence-corrected chi connectivity index (χ3v) is 2.83. The maximum atomic E-state index is 13.9. The fourth-order valence-corrected chi connectivity index (χ4v) is 1.83. The van der Waals surface area contributed by atoms with E-state index in [1.54, 1.807) is 24.3 Å². The molecule has 3 N–H and O–H groups in total. The van der Waals surface area contributed by atoms with Gasteiger partial charge in [0.1, 0.15) is 5.82 Å². The summed E-state index contributed by atoms with van der Waals surface area (Å²) in [4.78, 5) is 12.1. The van der Waals surface area contributed by atoms with E-state index in [0.717, 1.165) is 5.56 Å². The summed E-state index contributed by atoms with van der Waals surface area (Å²) >= 11 is 0. The van der Waals surface area contributed by atoms with E-state index in [2.05, 4.69) is 17.2 Å². The summed E-state index contributed by atoms with van der Waals surface area (Å²) in [5.41, 5.74) is 7.36. The summed E-state index contributed by atoms with van der Waals surface area (Å²) in [7, 11) is 0. The van der Waals surface area contributed by atoms with E-state index >= 15 is 0 Å². The van der Waals surface area contributed by atoms with Crippen LogP contribution in [0.3, 0.4) is 0 Å². The van der Waals surface area contributed by atoms with Crippen LogP contribution in [0.4, 0.5) is 10.1 Å². The third kappa shape index (κ3) is 3.91. The first kappa shape index (κ1) is 14.8. The second kappa shape index (κ2) is 6.69. The highest BCUT2D eigenvalue weighted by Crippen LogP contribution is 2.16. The van der Waals surface area contributed by atoms with Crippen LogP contribution in [-0.4, -0.2) is 12.5 Å². The molecule has 0 saturated carbocycles. The predicted molar refractivity (Wildman–Crippen MR) is 81.5 cm³/mol. The molecule has 21 heavy (non-hydrogen) atoms. The lowest BCUT2D eigenvalue weighted by molar-refractivity contribution is 0.102. The molecule has 3 nitrogen and oxygen atoms in total. The van der Waals surface area contributed by atoms with Crippen molar-refractivity contribution in [3.8, 4) is 11.8 Å². The van der Waals surface area contributed by atoms with E-state index in [4.69, 9.17) is 5.73 Å². The van der Waals surface area contributed by atoms with Gasteiger partial charge in [0.2, 0.25) is 0 Å². The molecule has 2 rings (SSSR count). The molecular formula is C17H15FN2O. The first-order valence-electron chi connectivity index (χ1n) is 6.46. The lowest BCUT2D eigenvalue weighted by atomic mass is 10.1. The zero-order valence-electron chi connectivity index (χ0n) is 11.6. The Morgan fingerprint density at radius 2 is 2.10 bits per heavy atom. The van der Waals surface area contributed by atoms with Crippen molar-refractivity contribution in [1.82, 2.24) is 0 Å². The van der Waals surface area contributed by atoms with Crippen molar-refractivity contribution < 1.29 is 9.18 Å². The van der Waals surface area contributed by atoms with Gasteiger partial charge in [-0.15, -0.1) is 0 Å². The summed E-state index contributed by atoms with van der Waals surface area (Å²) in [6, 6.07) is 11.5. The number of benzene rings is 2. The highest BCUT2D eigenvalue weighted by atomic mass is 19.1. The number of aryl methyl sites for hydroxylation is 1. The largest absolute Gasteiger partial charge is 0.320 e. The normalized spacial score (nSPS) is 9.67. The van der Waals surface area contributed by atoms with Crippen molar-refractivity contribution in [2.45, 2.75) is 6.92 Å². The Kier molecular flexibility index (Phi) is 4.70. The van der Waals surface area contributed by atoms with Crippen LogP contribution >= 0.6 is 0 Å². The van der Waals surface area contributed by atoms with E-state index in [9.17, 15) is 9.18 Å². The van der Waals surface area contributed by atoms with Crippen LogP contribution in [0.25, 0.3) is 0 Å². The van der Waals surface area contributed by atoms with Crippen LogP contribution in [0.15, 0.2) is 42.5 Å². The Balaban J connectivity index is 2.18. The fourth-order valence-electron chi connectivity index (χ4n) is 1.83. The molecule has 0 aliphatic carbocycles. The number of carbonyl (C=O) groups excluding carboxylic acids is 1. The summed E-state index contributed by atoms with van der Waals surface area (Å²) in [6.07, 6.45) is 0. The molecule has 0 spiro atoms. The number of hydrogen-bond acceptors (Lipinski definition) is 2. The van der Waals surface area contributed by atoms with Crippen LogP contribution in [0, 0.1) is 24.6 Å². The van der Waals surface area contributed by atoms with Crippen molar-refractivity contribution in [2.24, 2.45) is 5.73 Å². The average molecular weight is 282 g/mol.